The van der Waals surface area contributed by atoms with Crippen LogP contribution in [0.2, 0.25) is 0 Å². The molecule has 0 saturated heterocycles. The first kappa shape index (κ1) is 21.3. The van der Waals surface area contributed by atoms with Gasteiger partial charge in [-0.05, 0) is 36.2 Å². The van der Waals surface area contributed by atoms with Gasteiger partial charge in [0.25, 0.3) is 5.56 Å². The van der Waals surface area contributed by atoms with Gasteiger partial charge in [0.05, 0.1) is 24.5 Å². The smallest absolute Gasteiger partial charge is 0.263 e. The SMILES string of the molecule is CCc1sc2ncn(CC(=O)Nc3ccccc3OC)c(=O)c2c1-c1ccc(Br)cc1. The molecule has 6 nitrogen and oxygen atoms in total. The van der Waals surface area contributed by atoms with Gasteiger partial charge in [-0.2, -0.15) is 0 Å². The fourth-order valence-electron chi connectivity index (χ4n) is 3.45. The first-order valence-electron chi connectivity index (χ1n) is 9.71. The highest BCUT2D eigenvalue weighted by Crippen LogP contribution is 2.36. The number of benzene rings is 2. The molecule has 1 amide bonds. The van der Waals surface area contributed by atoms with E-state index < -0.39 is 0 Å². The zero-order chi connectivity index (χ0) is 22.0. The van der Waals surface area contributed by atoms with Crippen molar-refractivity contribution in [3.8, 4) is 16.9 Å². The molecule has 158 valence electrons. The van der Waals surface area contributed by atoms with E-state index in [2.05, 4.69) is 33.2 Å². The number of aromatic nitrogens is 2. The second-order valence-corrected chi connectivity index (χ2v) is 8.87. The maximum absolute atomic E-state index is 13.3. The Hall–Kier alpha value is -2.97. The first-order valence-corrected chi connectivity index (χ1v) is 11.3. The summed E-state index contributed by atoms with van der Waals surface area (Å²) in [6, 6.07) is 15.0. The molecular formula is C23H20BrN3O3S. The van der Waals surface area contributed by atoms with Gasteiger partial charge in [0.15, 0.2) is 0 Å². The van der Waals surface area contributed by atoms with E-state index in [1.807, 2.05) is 30.3 Å². The van der Waals surface area contributed by atoms with Crippen LogP contribution in [0, 0.1) is 0 Å². The van der Waals surface area contributed by atoms with E-state index in [0.717, 1.165) is 26.9 Å². The lowest BCUT2D eigenvalue weighted by Gasteiger charge is -2.11. The van der Waals surface area contributed by atoms with Crippen LogP contribution in [0.25, 0.3) is 21.3 Å². The minimum absolute atomic E-state index is 0.142. The summed E-state index contributed by atoms with van der Waals surface area (Å²) in [5.41, 5.74) is 2.18. The van der Waals surface area contributed by atoms with Gasteiger partial charge in [0.1, 0.15) is 17.1 Å². The van der Waals surface area contributed by atoms with E-state index in [4.69, 9.17) is 4.74 Å². The molecular weight excluding hydrogens is 478 g/mol. The first-order chi connectivity index (χ1) is 15.0. The average Bonchev–Trinajstić information content (AvgIpc) is 3.16. The number of hydrogen-bond acceptors (Lipinski definition) is 5. The van der Waals surface area contributed by atoms with E-state index >= 15 is 0 Å². The van der Waals surface area contributed by atoms with E-state index in [9.17, 15) is 9.59 Å². The Morgan fingerprint density at radius 2 is 1.94 bits per heavy atom. The second-order valence-electron chi connectivity index (χ2n) is 6.87. The average molecular weight is 498 g/mol. The number of hydrogen-bond donors (Lipinski definition) is 1. The number of nitrogens with one attached hydrogen (secondary N) is 1. The van der Waals surface area contributed by atoms with E-state index in [1.54, 1.807) is 25.3 Å². The number of ether oxygens (including phenoxy) is 1. The van der Waals surface area contributed by atoms with Crippen LogP contribution in [0.5, 0.6) is 5.75 Å². The van der Waals surface area contributed by atoms with Gasteiger partial charge in [0, 0.05) is 14.9 Å². The molecule has 2 aromatic carbocycles. The topological polar surface area (TPSA) is 73.2 Å². The molecule has 4 rings (SSSR count). The number of rotatable bonds is 6. The van der Waals surface area contributed by atoms with Gasteiger partial charge in [0.2, 0.25) is 5.91 Å². The highest BCUT2D eigenvalue weighted by molar-refractivity contribution is 9.10. The highest BCUT2D eigenvalue weighted by Gasteiger charge is 2.19. The van der Waals surface area contributed by atoms with Crippen molar-refractivity contribution in [2.24, 2.45) is 0 Å². The maximum atomic E-state index is 13.3. The summed E-state index contributed by atoms with van der Waals surface area (Å²) < 4.78 is 7.59. The molecule has 1 N–H and O–H groups in total. The monoisotopic (exact) mass is 497 g/mol. The molecule has 4 aromatic rings. The van der Waals surface area contributed by atoms with Crippen LogP contribution in [0.3, 0.4) is 0 Å². The number of aryl methyl sites for hydroxylation is 1. The third-order valence-electron chi connectivity index (χ3n) is 4.90. The zero-order valence-corrected chi connectivity index (χ0v) is 19.4. The Balaban J connectivity index is 1.72. The largest absolute Gasteiger partial charge is 0.495 e. The number of thiophene rings is 1. The molecule has 0 aliphatic rings. The Morgan fingerprint density at radius 3 is 2.65 bits per heavy atom. The van der Waals surface area contributed by atoms with Gasteiger partial charge >= 0.3 is 0 Å². The van der Waals surface area contributed by atoms with Crippen LogP contribution in [0.4, 0.5) is 5.69 Å². The number of fused-ring (bicyclic) bond motifs is 1. The Kier molecular flexibility index (Phi) is 6.20. The molecule has 0 atom stereocenters. The number of nitrogens with zero attached hydrogens (tertiary/aromatic N) is 2. The molecule has 0 aliphatic heterocycles. The van der Waals surface area contributed by atoms with Gasteiger partial charge in [-0.25, -0.2) is 4.98 Å². The molecule has 0 unspecified atom stereocenters. The lowest BCUT2D eigenvalue weighted by atomic mass is 10.0. The van der Waals surface area contributed by atoms with Crippen LogP contribution in [-0.2, 0) is 17.8 Å². The number of halogens is 1. The van der Waals surface area contributed by atoms with E-state index in [0.29, 0.717) is 21.7 Å². The summed E-state index contributed by atoms with van der Waals surface area (Å²) in [6.07, 6.45) is 2.23. The molecule has 0 fully saturated rings. The molecule has 31 heavy (non-hydrogen) atoms. The number of methoxy groups -OCH3 is 1. The summed E-state index contributed by atoms with van der Waals surface area (Å²) in [5.74, 6) is 0.226. The van der Waals surface area contributed by atoms with Crippen molar-refractivity contribution in [3.63, 3.8) is 0 Å². The van der Waals surface area contributed by atoms with Crippen LogP contribution in [0.1, 0.15) is 11.8 Å². The lowest BCUT2D eigenvalue weighted by Crippen LogP contribution is -2.28. The Morgan fingerprint density at radius 1 is 1.19 bits per heavy atom. The van der Waals surface area contributed by atoms with Crippen molar-refractivity contribution in [3.05, 3.63) is 74.6 Å². The Labute approximate surface area is 191 Å². The summed E-state index contributed by atoms with van der Waals surface area (Å²) >= 11 is 4.97. The van der Waals surface area contributed by atoms with Crippen LogP contribution in [0.15, 0.2) is 64.1 Å². The minimum atomic E-state index is -0.330. The molecule has 0 aliphatic carbocycles. The summed E-state index contributed by atoms with van der Waals surface area (Å²) in [7, 11) is 1.54. The van der Waals surface area contributed by atoms with Gasteiger partial charge in [-0.3, -0.25) is 14.2 Å². The van der Waals surface area contributed by atoms with Gasteiger partial charge < -0.3 is 10.1 Å². The highest BCUT2D eigenvalue weighted by atomic mass is 79.9. The minimum Gasteiger partial charge on any atom is -0.495 e. The number of amides is 1. The molecule has 0 radical (unpaired) electrons. The van der Waals surface area contributed by atoms with Gasteiger partial charge in [-0.1, -0.05) is 47.1 Å². The molecule has 0 bridgehead atoms. The van der Waals surface area contributed by atoms with Crippen molar-refractivity contribution in [1.29, 1.82) is 0 Å². The Bertz CT molecular complexity index is 1310. The molecule has 0 saturated carbocycles. The van der Waals surface area contributed by atoms with Crippen molar-refractivity contribution in [2.75, 3.05) is 12.4 Å². The second kappa shape index (κ2) is 9.03. The lowest BCUT2D eigenvalue weighted by molar-refractivity contribution is -0.116. The van der Waals surface area contributed by atoms with Crippen molar-refractivity contribution in [2.45, 2.75) is 19.9 Å². The molecule has 2 heterocycles. The zero-order valence-electron chi connectivity index (χ0n) is 17.0. The van der Waals surface area contributed by atoms with Gasteiger partial charge in [-0.15, -0.1) is 11.3 Å². The van der Waals surface area contributed by atoms with Crippen LogP contribution in [-0.4, -0.2) is 22.6 Å². The third kappa shape index (κ3) is 4.26. The fraction of sp³-hybridized carbons (Fsp3) is 0.174. The standard InChI is InChI=1S/C23H20BrN3O3S/c1-3-18-20(14-8-10-15(24)11-9-14)21-22(31-18)25-13-27(23(21)29)12-19(28)26-16-6-4-5-7-17(16)30-2/h4-11,13H,3,12H2,1-2H3,(H,26,28). The third-order valence-corrected chi connectivity index (χ3v) is 6.67. The summed E-state index contributed by atoms with van der Waals surface area (Å²) in [5, 5.41) is 3.35. The van der Waals surface area contributed by atoms with Crippen LogP contribution < -0.4 is 15.6 Å². The molecule has 8 heteroatoms. The summed E-state index contributed by atoms with van der Waals surface area (Å²) in [4.78, 5) is 32.2. The predicted octanol–water partition coefficient (Wildman–Crippen LogP) is 5.10. The normalized spacial score (nSPS) is 10.9. The number of carbonyl (C=O) groups is 1. The number of anilines is 1. The van der Waals surface area contributed by atoms with Crippen LogP contribution >= 0.6 is 27.3 Å². The number of para-hydroxylation sites is 2. The molecule has 2 aromatic heterocycles. The predicted molar refractivity (Wildman–Crippen MR) is 128 cm³/mol. The van der Waals surface area contributed by atoms with Crippen molar-refractivity contribution >= 4 is 49.1 Å². The van der Waals surface area contributed by atoms with Crippen molar-refractivity contribution in [1.82, 2.24) is 9.55 Å². The summed E-state index contributed by atoms with van der Waals surface area (Å²) in [6.45, 7) is 1.92. The fourth-order valence-corrected chi connectivity index (χ4v) is 4.80. The number of carbonyl (C=O) groups excluding carboxylic acids is 1. The molecule has 0 spiro atoms. The quantitative estimate of drug-likeness (QED) is 0.402. The maximum Gasteiger partial charge on any atom is 0.263 e. The van der Waals surface area contributed by atoms with E-state index in [-0.39, 0.29) is 18.0 Å². The van der Waals surface area contributed by atoms with E-state index in [1.165, 1.54) is 22.2 Å². The van der Waals surface area contributed by atoms with Crippen molar-refractivity contribution < 1.29 is 9.53 Å².